The molecular weight excluding hydrogens is 226 g/mol. The first kappa shape index (κ1) is 13.0. The Balaban J connectivity index is 2.91. The third-order valence-corrected chi connectivity index (χ3v) is 3.10. The van der Waals surface area contributed by atoms with Gasteiger partial charge in [-0.2, -0.15) is 4.98 Å². The zero-order valence-corrected chi connectivity index (χ0v) is 11.0. The first-order valence-electron chi connectivity index (χ1n) is 5.27. The topological polar surface area (TPSA) is 38.2 Å². The summed E-state index contributed by atoms with van der Waals surface area (Å²) in [6.07, 6.45) is 1.69. The summed E-state index contributed by atoms with van der Waals surface area (Å²) in [6, 6.07) is 1.74. The lowest BCUT2D eigenvalue weighted by atomic mass is 10.1. The Morgan fingerprint density at radius 3 is 2.75 bits per heavy atom. The standard InChI is InChI=1S/C11H18ClN3O/c1-5-16-9-6-7-13-10(14-9)15(4)11(2,3)8-12/h6-7H,5,8H2,1-4H3. The van der Waals surface area contributed by atoms with Crippen LogP contribution in [0.15, 0.2) is 12.3 Å². The van der Waals surface area contributed by atoms with Gasteiger partial charge in [-0.15, -0.1) is 11.6 Å². The SMILES string of the molecule is CCOc1ccnc(N(C)C(C)(C)CCl)n1. The summed E-state index contributed by atoms with van der Waals surface area (Å²) >= 11 is 5.91. The predicted molar refractivity (Wildman–Crippen MR) is 66.4 cm³/mol. The van der Waals surface area contributed by atoms with Crippen LogP contribution < -0.4 is 9.64 Å². The number of alkyl halides is 1. The molecule has 1 rings (SSSR count). The van der Waals surface area contributed by atoms with Gasteiger partial charge in [0, 0.05) is 25.2 Å². The fourth-order valence-corrected chi connectivity index (χ4v) is 1.26. The van der Waals surface area contributed by atoms with E-state index in [0.29, 0.717) is 24.3 Å². The Bertz CT molecular complexity index is 344. The Morgan fingerprint density at radius 1 is 1.50 bits per heavy atom. The Labute approximate surface area is 102 Å². The maximum atomic E-state index is 5.91. The van der Waals surface area contributed by atoms with E-state index in [4.69, 9.17) is 16.3 Å². The molecule has 0 fully saturated rings. The third-order valence-electron chi connectivity index (χ3n) is 2.44. The number of rotatable bonds is 5. The fraction of sp³-hybridized carbons (Fsp3) is 0.636. The van der Waals surface area contributed by atoms with Gasteiger partial charge < -0.3 is 9.64 Å². The normalized spacial score (nSPS) is 11.3. The van der Waals surface area contributed by atoms with Crippen molar-refractivity contribution in [3.05, 3.63) is 12.3 Å². The number of hydrogen-bond donors (Lipinski definition) is 0. The molecule has 0 amide bonds. The van der Waals surface area contributed by atoms with E-state index in [9.17, 15) is 0 Å². The number of halogens is 1. The maximum absolute atomic E-state index is 5.91. The quantitative estimate of drug-likeness (QED) is 0.744. The first-order valence-corrected chi connectivity index (χ1v) is 5.80. The lowest BCUT2D eigenvalue weighted by Gasteiger charge is -2.33. The van der Waals surface area contributed by atoms with Crippen molar-refractivity contribution in [2.45, 2.75) is 26.3 Å². The van der Waals surface area contributed by atoms with Crippen molar-refractivity contribution in [2.75, 3.05) is 24.4 Å². The van der Waals surface area contributed by atoms with Gasteiger partial charge in [0.05, 0.1) is 12.1 Å². The summed E-state index contributed by atoms with van der Waals surface area (Å²) in [6.45, 7) is 6.60. The molecule has 16 heavy (non-hydrogen) atoms. The first-order chi connectivity index (χ1) is 7.51. The number of nitrogens with zero attached hydrogens (tertiary/aromatic N) is 3. The van der Waals surface area contributed by atoms with Gasteiger partial charge in [0.25, 0.3) is 0 Å². The van der Waals surface area contributed by atoms with Gasteiger partial charge >= 0.3 is 0 Å². The molecule has 0 aromatic carbocycles. The van der Waals surface area contributed by atoms with Crippen molar-refractivity contribution in [3.63, 3.8) is 0 Å². The summed E-state index contributed by atoms with van der Waals surface area (Å²) in [5.41, 5.74) is -0.188. The minimum Gasteiger partial charge on any atom is -0.478 e. The maximum Gasteiger partial charge on any atom is 0.228 e. The van der Waals surface area contributed by atoms with E-state index >= 15 is 0 Å². The molecule has 0 saturated heterocycles. The van der Waals surface area contributed by atoms with E-state index in [0.717, 1.165) is 0 Å². The second-order valence-electron chi connectivity index (χ2n) is 4.13. The minimum atomic E-state index is -0.188. The summed E-state index contributed by atoms with van der Waals surface area (Å²) in [4.78, 5) is 10.5. The van der Waals surface area contributed by atoms with Crippen LogP contribution in [0.2, 0.25) is 0 Å². The molecule has 0 aliphatic rings. The van der Waals surface area contributed by atoms with Crippen LogP contribution in [0.3, 0.4) is 0 Å². The zero-order valence-electron chi connectivity index (χ0n) is 10.2. The third kappa shape index (κ3) is 2.98. The van der Waals surface area contributed by atoms with Crippen LogP contribution in [0, 0.1) is 0 Å². The van der Waals surface area contributed by atoms with Gasteiger partial charge in [-0.1, -0.05) is 0 Å². The Hall–Kier alpha value is -1.03. The molecule has 90 valence electrons. The lowest BCUT2D eigenvalue weighted by molar-refractivity contribution is 0.325. The number of anilines is 1. The van der Waals surface area contributed by atoms with Crippen LogP contribution in [0.1, 0.15) is 20.8 Å². The van der Waals surface area contributed by atoms with Gasteiger partial charge in [-0.3, -0.25) is 0 Å². The molecule has 0 N–H and O–H groups in total. The second kappa shape index (κ2) is 5.34. The predicted octanol–water partition coefficient (Wildman–Crippen LogP) is 2.33. The van der Waals surface area contributed by atoms with E-state index in [1.807, 2.05) is 32.7 Å². The van der Waals surface area contributed by atoms with Crippen molar-refractivity contribution < 1.29 is 4.74 Å². The molecule has 0 bridgehead atoms. The van der Waals surface area contributed by atoms with Crippen molar-refractivity contribution in [1.82, 2.24) is 9.97 Å². The molecule has 0 atom stereocenters. The largest absolute Gasteiger partial charge is 0.478 e. The summed E-state index contributed by atoms with van der Waals surface area (Å²) in [5, 5.41) is 0. The molecular formula is C11H18ClN3O. The van der Waals surface area contributed by atoms with Gasteiger partial charge in [0.2, 0.25) is 11.8 Å². The lowest BCUT2D eigenvalue weighted by Crippen LogP contribution is -2.43. The molecule has 1 aromatic heterocycles. The molecule has 0 saturated carbocycles. The Kier molecular flexibility index (Phi) is 4.35. The fourth-order valence-electron chi connectivity index (χ4n) is 1.08. The summed E-state index contributed by atoms with van der Waals surface area (Å²) in [7, 11) is 1.92. The van der Waals surface area contributed by atoms with Gasteiger partial charge in [-0.05, 0) is 20.8 Å². The number of hydrogen-bond acceptors (Lipinski definition) is 4. The molecule has 0 radical (unpaired) electrons. The highest BCUT2D eigenvalue weighted by molar-refractivity contribution is 6.18. The van der Waals surface area contributed by atoms with Crippen molar-refractivity contribution in [1.29, 1.82) is 0 Å². The van der Waals surface area contributed by atoms with E-state index in [-0.39, 0.29) is 5.54 Å². The summed E-state index contributed by atoms with van der Waals surface area (Å²) in [5.74, 6) is 1.72. The van der Waals surface area contributed by atoms with E-state index in [1.165, 1.54) is 0 Å². The molecule has 1 heterocycles. The average Bonchev–Trinajstić information content (AvgIpc) is 2.29. The molecule has 4 nitrogen and oxygen atoms in total. The minimum absolute atomic E-state index is 0.188. The highest BCUT2D eigenvalue weighted by Crippen LogP contribution is 2.21. The number of aromatic nitrogens is 2. The van der Waals surface area contributed by atoms with Crippen molar-refractivity contribution in [3.8, 4) is 5.88 Å². The molecule has 0 aliphatic heterocycles. The van der Waals surface area contributed by atoms with Crippen LogP contribution in [0.5, 0.6) is 5.88 Å². The molecule has 0 spiro atoms. The monoisotopic (exact) mass is 243 g/mol. The average molecular weight is 244 g/mol. The molecule has 5 heteroatoms. The van der Waals surface area contributed by atoms with Gasteiger partial charge in [0.1, 0.15) is 0 Å². The molecule has 0 unspecified atom stereocenters. The van der Waals surface area contributed by atoms with Crippen molar-refractivity contribution in [2.24, 2.45) is 0 Å². The Morgan fingerprint density at radius 2 is 2.19 bits per heavy atom. The highest BCUT2D eigenvalue weighted by Gasteiger charge is 2.24. The van der Waals surface area contributed by atoms with Crippen LogP contribution in [-0.2, 0) is 0 Å². The zero-order chi connectivity index (χ0) is 12.2. The van der Waals surface area contributed by atoms with E-state index in [1.54, 1.807) is 12.3 Å². The van der Waals surface area contributed by atoms with Crippen molar-refractivity contribution >= 4 is 17.5 Å². The van der Waals surface area contributed by atoms with Gasteiger partial charge in [0.15, 0.2) is 0 Å². The molecule has 0 aliphatic carbocycles. The highest BCUT2D eigenvalue weighted by atomic mass is 35.5. The molecule has 1 aromatic rings. The smallest absolute Gasteiger partial charge is 0.228 e. The number of ether oxygens (including phenoxy) is 1. The van der Waals surface area contributed by atoms with Crippen LogP contribution >= 0.6 is 11.6 Å². The second-order valence-corrected chi connectivity index (χ2v) is 4.40. The van der Waals surface area contributed by atoms with E-state index < -0.39 is 0 Å². The van der Waals surface area contributed by atoms with Crippen LogP contribution in [0.25, 0.3) is 0 Å². The van der Waals surface area contributed by atoms with Crippen LogP contribution in [-0.4, -0.2) is 35.0 Å². The summed E-state index contributed by atoms with van der Waals surface area (Å²) < 4.78 is 5.33. The van der Waals surface area contributed by atoms with Crippen LogP contribution in [0.4, 0.5) is 5.95 Å². The van der Waals surface area contributed by atoms with E-state index in [2.05, 4.69) is 9.97 Å². The van der Waals surface area contributed by atoms with Gasteiger partial charge in [-0.25, -0.2) is 4.98 Å².